The van der Waals surface area contributed by atoms with Gasteiger partial charge in [-0.15, -0.1) is 0 Å². The Labute approximate surface area is 137 Å². The molecule has 0 radical (unpaired) electrons. The molecular formula is C17H16O7. The van der Waals surface area contributed by atoms with Crippen LogP contribution in [0.4, 0.5) is 0 Å². The van der Waals surface area contributed by atoms with E-state index in [1.54, 1.807) is 12.1 Å². The van der Waals surface area contributed by atoms with E-state index in [1.165, 1.54) is 32.4 Å². The van der Waals surface area contributed by atoms with Crippen LogP contribution in [0.3, 0.4) is 0 Å². The van der Waals surface area contributed by atoms with E-state index in [4.69, 9.17) is 14.2 Å². The zero-order valence-electron chi connectivity index (χ0n) is 13.0. The van der Waals surface area contributed by atoms with E-state index < -0.39 is 18.0 Å². The van der Waals surface area contributed by atoms with Crippen molar-refractivity contribution in [3.63, 3.8) is 0 Å². The van der Waals surface area contributed by atoms with E-state index in [-0.39, 0.29) is 34.3 Å². The average Bonchev–Trinajstić information content (AvgIpc) is 2.59. The summed E-state index contributed by atoms with van der Waals surface area (Å²) in [6.45, 7) is 0. The number of carbonyl (C=O) groups is 1. The van der Waals surface area contributed by atoms with Gasteiger partial charge in [0.1, 0.15) is 17.1 Å². The first-order valence-corrected chi connectivity index (χ1v) is 7.13. The molecule has 2 aromatic rings. The maximum Gasteiger partial charge on any atom is 0.203 e. The fourth-order valence-electron chi connectivity index (χ4n) is 2.68. The number of benzene rings is 2. The highest BCUT2D eigenvalue weighted by atomic mass is 16.5. The molecule has 1 aliphatic rings. The number of hydrogen-bond acceptors (Lipinski definition) is 7. The van der Waals surface area contributed by atoms with Gasteiger partial charge in [0, 0.05) is 6.07 Å². The van der Waals surface area contributed by atoms with Gasteiger partial charge in [-0.1, -0.05) is 12.1 Å². The Hall–Kier alpha value is -2.93. The monoisotopic (exact) mass is 332 g/mol. The van der Waals surface area contributed by atoms with Crippen LogP contribution in [-0.2, 0) is 0 Å². The summed E-state index contributed by atoms with van der Waals surface area (Å²) < 4.78 is 15.9. The van der Waals surface area contributed by atoms with Crippen LogP contribution in [0, 0.1) is 0 Å². The molecule has 0 amide bonds. The lowest BCUT2D eigenvalue weighted by Crippen LogP contribution is -2.36. The van der Waals surface area contributed by atoms with E-state index in [1.807, 2.05) is 0 Å². The highest BCUT2D eigenvalue weighted by Gasteiger charge is 2.40. The highest BCUT2D eigenvalue weighted by Crippen LogP contribution is 2.48. The van der Waals surface area contributed by atoms with Gasteiger partial charge in [-0.05, 0) is 17.7 Å². The fraction of sp³-hybridized carbons (Fsp3) is 0.235. The zero-order valence-corrected chi connectivity index (χ0v) is 13.0. The van der Waals surface area contributed by atoms with Crippen LogP contribution in [0.25, 0.3) is 0 Å². The number of aromatic hydroxyl groups is 2. The number of rotatable bonds is 3. The van der Waals surface area contributed by atoms with Crippen LogP contribution in [0.15, 0.2) is 30.3 Å². The molecule has 0 unspecified atom stereocenters. The predicted octanol–water partition coefficient (Wildman–Crippen LogP) is 1.79. The second-order valence-electron chi connectivity index (χ2n) is 5.27. The number of fused-ring (bicyclic) bond motifs is 1. The van der Waals surface area contributed by atoms with Gasteiger partial charge >= 0.3 is 0 Å². The van der Waals surface area contributed by atoms with Crippen molar-refractivity contribution in [2.75, 3.05) is 14.2 Å². The van der Waals surface area contributed by atoms with Gasteiger partial charge < -0.3 is 29.5 Å². The SMILES string of the molecule is COc1cc2c(c(OC)c1O)C(=O)[C@H](O)[C@@H](c1ccc(O)cc1)O2. The minimum atomic E-state index is -1.48. The number of methoxy groups -OCH3 is 2. The molecule has 0 saturated carbocycles. The van der Waals surface area contributed by atoms with Crippen molar-refractivity contribution in [3.8, 4) is 28.7 Å². The fourth-order valence-corrected chi connectivity index (χ4v) is 2.68. The standard InChI is InChI=1S/C17H16O7/c1-22-11-7-10-12(17(23-2)13(11)19)14(20)15(21)16(24-10)8-3-5-9(18)6-4-8/h3-7,15-16,18-19,21H,1-2H3/t15-,16+/m0/s1. The maximum absolute atomic E-state index is 12.6. The van der Waals surface area contributed by atoms with Gasteiger partial charge in [-0.25, -0.2) is 0 Å². The van der Waals surface area contributed by atoms with Gasteiger partial charge in [0.05, 0.1) is 14.2 Å². The molecule has 1 aliphatic heterocycles. The lowest BCUT2D eigenvalue weighted by molar-refractivity contribution is 0.0209. The van der Waals surface area contributed by atoms with Crippen molar-refractivity contribution in [2.45, 2.75) is 12.2 Å². The Bertz CT molecular complexity index is 783. The number of carbonyl (C=O) groups excluding carboxylic acids is 1. The van der Waals surface area contributed by atoms with Crippen LogP contribution < -0.4 is 14.2 Å². The van der Waals surface area contributed by atoms with Crippen LogP contribution >= 0.6 is 0 Å². The van der Waals surface area contributed by atoms with Crippen molar-refractivity contribution in [1.29, 1.82) is 0 Å². The van der Waals surface area contributed by atoms with E-state index in [0.717, 1.165) is 0 Å². The number of ether oxygens (including phenoxy) is 3. The summed E-state index contributed by atoms with van der Waals surface area (Å²) in [4.78, 5) is 12.6. The molecule has 2 aromatic carbocycles. The van der Waals surface area contributed by atoms with Gasteiger partial charge in [0.2, 0.25) is 11.5 Å². The molecule has 24 heavy (non-hydrogen) atoms. The summed E-state index contributed by atoms with van der Waals surface area (Å²) in [5, 5.41) is 29.8. The minimum absolute atomic E-state index is 0.0432. The molecule has 0 spiro atoms. The van der Waals surface area contributed by atoms with E-state index >= 15 is 0 Å². The van der Waals surface area contributed by atoms with Gasteiger partial charge in [0.15, 0.2) is 23.7 Å². The minimum Gasteiger partial charge on any atom is -0.508 e. The third-order valence-electron chi connectivity index (χ3n) is 3.89. The van der Waals surface area contributed by atoms with E-state index in [0.29, 0.717) is 5.56 Å². The summed E-state index contributed by atoms with van der Waals surface area (Å²) in [5.41, 5.74) is 0.476. The smallest absolute Gasteiger partial charge is 0.203 e. The van der Waals surface area contributed by atoms with Crippen molar-refractivity contribution in [1.82, 2.24) is 0 Å². The Morgan fingerprint density at radius 2 is 1.75 bits per heavy atom. The molecule has 2 atom stereocenters. The average molecular weight is 332 g/mol. The first-order valence-electron chi connectivity index (χ1n) is 7.13. The molecule has 7 nitrogen and oxygen atoms in total. The zero-order chi connectivity index (χ0) is 17.4. The predicted molar refractivity (Wildman–Crippen MR) is 83.0 cm³/mol. The molecule has 3 rings (SSSR count). The molecule has 7 heteroatoms. The highest BCUT2D eigenvalue weighted by molar-refractivity contribution is 6.06. The number of phenols is 2. The molecule has 0 bridgehead atoms. The summed E-state index contributed by atoms with van der Waals surface area (Å²) in [7, 11) is 2.65. The maximum atomic E-state index is 12.6. The number of ketones is 1. The Morgan fingerprint density at radius 3 is 2.33 bits per heavy atom. The largest absolute Gasteiger partial charge is 0.508 e. The Morgan fingerprint density at radius 1 is 1.08 bits per heavy atom. The van der Waals surface area contributed by atoms with Gasteiger partial charge in [0.25, 0.3) is 0 Å². The van der Waals surface area contributed by atoms with E-state index in [2.05, 4.69) is 0 Å². The van der Waals surface area contributed by atoms with Crippen LogP contribution in [0.1, 0.15) is 22.0 Å². The normalized spacial score (nSPS) is 19.4. The third kappa shape index (κ3) is 2.39. The van der Waals surface area contributed by atoms with Crippen LogP contribution in [0.2, 0.25) is 0 Å². The Kier molecular flexibility index (Phi) is 3.94. The molecule has 126 valence electrons. The first kappa shape index (κ1) is 15.9. The van der Waals surface area contributed by atoms with E-state index in [9.17, 15) is 20.1 Å². The molecule has 3 N–H and O–H groups in total. The van der Waals surface area contributed by atoms with Gasteiger partial charge in [-0.2, -0.15) is 0 Å². The lowest BCUT2D eigenvalue weighted by Gasteiger charge is -2.31. The molecule has 0 fully saturated rings. The molecule has 0 aromatic heterocycles. The second kappa shape index (κ2) is 5.93. The van der Waals surface area contributed by atoms with Crippen molar-refractivity contribution in [3.05, 3.63) is 41.5 Å². The summed E-state index contributed by atoms with van der Waals surface area (Å²) in [5.74, 6) is -0.814. The molecule has 0 saturated heterocycles. The summed E-state index contributed by atoms with van der Waals surface area (Å²) in [6, 6.07) is 7.34. The summed E-state index contributed by atoms with van der Waals surface area (Å²) in [6.07, 6.45) is -2.44. The quantitative estimate of drug-likeness (QED) is 0.787. The molecule has 0 aliphatic carbocycles. The number of aliphatic hydroxyl groups excluding tert-OH is 1. The number of phenolic OH excluding ortho intramolecular Hbond substituents is 2. The lowest BCUT2D eigenvalue weighted by atomic mass is 9.92. The van der Waals surface area contributed by atoms with Gasteiger partial charge in [-0.3, -0.25) is 4.79 Å². The second-order valence-corrected chi connectivity index (χ2v) is 5.27. The number of Topliss-reactive ketones (excluding diaryl/α,β-unsaturated/α-hetero) is 1. The Balaban J connectivity index is 2.12. The third-order valence-corrected chi connectivity index (χ3v) is 3.89. The van der Waals surface area contributed by atoms with Crippen LogP contribution in [0.5, 0.6) is 28.7 Å². The molecular weight excluding hydrogens is 316 g/mol. The number of hydrogen-bond donors (Lipinski definition) is 3. The van der Waals surface area contributed by atoms with Crippen molar-refractivity contribution >= 4 is 5.78 Å². The molecule has 1 heterocycles. The van der Waals surface area contributed by atoms with Crippen molar-refractivity contribution < 1.29 is 34.3 Å². The van der Waals surface area contributed by atoms with Crippen LogP contribution in [-0.4, -0.2) is 41.4 Å². The summed E-state index contributed by atoms with van der Waals surface area (Å²) >= 11 is 0. The topological polar surface area (TPSA) is 105 Å². The van der Waals surface area contributed by atoms with Crippen molar-refractivity contribution in [2.24, 2.45) is 0 Å². The number of aliphatic hydroxyl groups is 1. The first-order chi connectivity index (χ1) is 11.5.